The summed E-state index contributed by atoms with van der Waals surface area (Å²) in [6.45, 7) is 7.74. The SMILES string of the molecule is [C-]#[N+][C@@H]1C[C@@]2(CN1C(=O)C1(C(=O)Nc3ccccc3)CC1)C(=O)Nc1ccccc12. The zero-order chi connectivity index (χ0) is 20.9. The number of nitrogens with zero attached hydrogens (tertiary/aromatic N) is 2. The highest BCUT2D eigenvalue weighted by Gasteiger charge is 2.65. The molecule has 1 saturated heterocycles. The fourth-order valence-electron chi connectivity index (χ4n) is 4.65. The zero-order valence-corrected chi connectivity index (χ0v) is 16.2. The maximum atomic E-state index is 13.5. The number of likely N-dealkylation sites (tertiary alicyclic amines) is 1. The molecule has 7 heteroatoms. The number of anilines is 2. The van der Waals surface area contributed by atoms with Crippen LogP contribution in [0.1, 0.15) is 24.8 Å². The van der Waals surface area contributed by atoms with Gasteiger partial charge in [0.15, 0.2) is 0 Å². The summed E-state index contributed by atoms with van der Waals surface area (Å²) in [5.74, 6) is -0.892. The lowest BCUT2D eigenvalue weighted by Crippen LogP contribution is -2.46. The number of benzene rings is 2. The number of amides is 3. The molecule has 7 nitrogen and oxygen atoms in total. The number of nitrogens with one attached hydrogen (secondary N) is 2. The fourth-order valence-corrected chi connectivity index (χ4v) is 4.65. The van der Waals surface area contributed by atoms with Crippen molar-refractivity contribution >= 4 is 29.1 Å². The van der Waals surface area contributed by atoms with Crippen LogP contribution in [0.5, 0.6) is 0 Å². The Bertz CT molecular complexity index is 1100. The molecule has 1 saturated carbocycles. The third kappa shape index (κ3) is 2.53. The molecule has 2 atom stereocenters. The summed E-state index contributed by atoms with van der Waals surface area (Å²) < 4.78 is 0. The molecule has 150 valence electrons. The molecule has 2 aromatic rings. The van der Waals surface area contributed by atoms with Crippen molar-refractivity contribution in [2.45, 2.75) is 30.8 Å². The van der Waals surface area contributed by atoms with Gasteiger partial charge >= 0.3 is 6.17 Å². The predicted octanol–water partition coefficient (Wildman–Crippen LogP) is 2.77. The van der Waals surface area contributed by atoms with Crippen LogP contribution in [0.15, 0.2) is 54.6 Å². The lowest BCUT2D eigenvalue weighted by Gasteiger charge is -2.24. The van der Waals surface area contributed by atoms with E-state index in [9.17, 15) is 14.4 Å². The molecule has 2 aromatic carbocycles. The Hall–Kier alpha value is -3.66. The van der Waals surface area contributed by atoms with Gasteiger partial charge in [-0.2, -0.15) is 0 Å². The van der Waals surface area contributed by atoms with Gasteiger partial charge in [-0.15, -0.1) is 0 Å². The number of carbonyl (C=O) groups excluding carboxylic acids is 3. The van der Waals surface area contributed by atoms with E-state index in [4.69, 9.17) is 6.57 Å². The Kier molecular flexibility index (Phi) is 3.93. The van der Waals surface area contributed by atoms with Gasteiger partial charge < -0.3 is 10.6 Å². The summed E-state index contributed by atoms with van der Waals surface area (Å²) in [5.41, 5.74) is 0.0816. The molecule has 0 radical (unpaired) electrons. The fraction of sp³-hybridized carbons (Fsp3) is 0.304. The second-order valence-electron chi connectivity index (χ2n) is 8.23. The Balaban J connectivity index is 1.43. The molecule has 2 aliphatic heterocycles. The average molecular weight is 400 g/mol. The molecule has 2 fully saturated rings. The van der Waals surface area contributed by atoms with Gasteiger partial charge in [0.05, 0.1) is 6.42 Å². The minimum atomic E-state index is -1.15. The first-order valence-corrected chi connectivity index (χ1v) is 9.95. The molecule has 0 bridgehead atoms. The highest BCUT2D eigenvalue weighted by atomic mass is 16.2. The van der Waals surface area contributed by atoms with Crippen molar-refractivity contribution in [3.63, 3.8) is 0 Å². The van der Waals surface area contributed by atoms with E-state index in [1.165, 1.54) is 4.90 Å². The summed E-state index contributed by atoms with van der Waals surface area (Å²) in [7, 11) is 0. The standard InChI is InChI=1S/C23H20N4O3/c1-24-18-13-23(16-9-5-6-10-17(16)26-20(23)29)14-27(18)21(30)22(11-12-22)19(28)25-15-7-3-2-4-8-15/h2-10,18H,11-14H2,(H,25,28)(H,26,29)/t18-,23-/m0/s1. The van der Waals surface area contributed by atoms with Crippen LogP contribution in [0.2, 0.25) is 0 Å². The van der Waals surface area contributed by atoms with Crippen LogP contribution in [0, 0.1) is 12.0 Å². The van der Waals surface area contributed by atoms with Crippen molar-refractivity contribution in [1.29, 1.82) is 0 Å². The van der Waals surface area contributed by atoms with E-state index in [0.717, 1.165) is 11.3 Å². The second kappa shape index (κ2) is 6.42. The summed E-state index contributed by atoms with van der Waals surface area (Å²) in [6, 6.07) is 16.4. The van der Waals surface area contributed by atoms with Crippen LogP contribution in [0.3, 0.4) is 0 Å². The quantitative estimate of drug-likeness (QED) is 0.614. The molecule has 3 aliphatic rings. The van der Waals surface area contributed by atoms with Crippen molar-refractivity contribution in [2.75, 3.05) is 17.2 Å². The van der Waals surface area contributed by atoms with Gasteiger partial charge in [0.25, 0.3) is 0 Å². The van der Waals surface area contributed by atoms with Crippen molar-refractivity contribution in [3.8, 4) is 0 Å². The lowest BCUT2D eigenvalue weighted by molar-refractivity contribution is -0.142. The summed E-state index contributed by atoms with van der Waals surface area (Å²) in [5, 5.41) is 5.71. The predicted molar refractivity (Wildman–Crippen MR) is 110 cm³/mol. The molecule has 3 amide bonds. The van der Waals surface area contributed by atoms with Crippen LogP contribution >= 0.6 is 0 Å². The van der Waals surface area contributed by atoms with Crippen molar-refractivity contribution in [1.82, 2.24) is 4.90 Å². The number of hydrogen-bond donors (Lipinski definition) is 2. The number of fused-ring (bicyclic) bond motifs is 2. The van der Waals surface area contributed by atoms with Gasteiger partial charge in [0.2, 0.25) is 17.7 Å². The number of para-hydroxylation sites is 2. The van der Waals surface area contributed by atoms with E-state index in [1.54, 1.807) is 12.1 Å². The molecule has 30 heavy (non-hydrogen) atoms. The Labute approximate surface area is 173 Å². The molecule has 0 aromatic heterocycles. The monoisotopic (exact) mass is 400 g/mol. The van der Waals surface area contributed by atoms with Crippen molar-refractivity contribution in [2.24, 2.45) is 5.41 Å². The van der Waals surface area contributed by atoms with Gasteiger partial charge in [-0.3, -0.25) is 24.1 Å². The van der Waals surface area contributed by atoms with E-state index in [-0.39, 0.29) is 30.7 Å². The molecule has 5 rings (SSSR count). The maximum Gasteiger partial charge on any atom is 0.302 e. The van der Waals surface area contributed by atoms with E-state index >= 15 is 0 Å². The molecular weight excluding hydrogens is 380 g/mol. The minimum Gasteiger partial charge on any atom is -0.325 e. The van der Waals surface area contributed by atoms with Crippen LogP contribution < -0.4 is 10.6 Å². The van der Waals surface area contributed by atoms with Gasteiger partial charge in [0.1, 0.15) is 10.8 Å². The smallest absolute Gasteiger partial charge is 0.302 e. The number of carbonyl (C=O) groups is 3. The van der Waals surface area contributed by atoms with Gasteiger partial charge in [0, 0.05) is 17.9 Å². The molecule has 2 heterocycles. The molecule has 1 spiro atoms. The third-order valence-corrected chi connectivity index (χ3v) is 6.49. The van der Waals surface area contributed by atoms with E-state index in [0.29, 0.717) is 18.5 Å². The van der Waals surface area contributed by atoms with Crippen molar-refractivity contribution < 1.29 is 14.4 Å². The summed E-state index contributed by atoms with van der Waals surface area (Å²) in [4.78, 5) is 44.4. The minimum absolute atomic E-state index is 0.113. The Morgan fingerprint density at radius 3 is 2.50 bits per heavy atom. The topological polar surface area (TPSA) is 82.9 Å². The molecule has 0 unspecified atom stereocenters. The van der Waals surface area contributed by atoms with Gasteiger partial charge in [-0.05, 0) is 36.6 Å². The van der Waals surface area contributed by atoms with Crippen LogP contribution in [0.4, 0.5) is 11.4 Å². The average Bonchev–Trinajstić information content (AvgIpc) is 3.42. The number of hydrogen-bond acceptors (Lipinski definition) is 3. The normalized spacial score (nSPS) is 25.4. The van der Waals surface area contributed by atoms with Gasteiger partial charge in [-0.25, -0.2) is 6.57 Å². The molecule has 2 N–H and O–H groups in total. The highest BCUT2D eigenvalue weighted by molar-refractivity contribution is 6.14. The zero-order valence-electron chi connectivity index (χ0n) is 16.2. The maximum absolute atomic E-state index is 13.5. The highest BCUT2D eigenvalue weighted by Crippen LogP contribution is 2.52. The first kappa shape index (κ1) is 18.4. The summed E-state index contributed by atoms with van der Waals surface area (Å²) >= 11 is 0. The third-order valence-electron chi connectivity index (χ3n) is 6.49. The van der Waals surface area contributed by atoms with E-state index in [1.807, 2.05) is 42.5 Å². The van der Waals surface area contributed by atoms with Crippen molar-refractivity contribution in [3.05, 3.63) is 71.6 Å². The first-order valence-electron chi connectivity index (χ1n) is 9.95. The Morgan fingerprint density at radius 1 is 1.10 bits per heavy atom. The van der Waals surface area contributed by atoms with Gasteiger partial charge in [-0.1, -0.05) is 36.4 Å². The molecule has 1 aliphatic carbocycles. The van der Waals surface area contributed by atoms with E-state index in [2.05, 4.69) is 15.5 Å². The number of rotatable bonds is 3. The lowest BCUT2D eigenvalue weighted by atomic mass is 9.80. The second-order valence-corrected chi connectivity index (χ2v) is 8.23. The van der Waals surface area contributed by atoms with Crippen LogP contribution in [-0.2, 0) is 19.8 Å². The Morgan fingerprint density at radius 2 is 1.80 bits per heavy atom. The van der Waals surface area contributed by atoms with Crippen LogP contribution in [-0.4, -0.2) is 35.3 Å². The van der Waals surface area contributed by atoms with Crippen LogP contribution in [0.25, 0.3) is 4.85 Å². The molecular formula is C23H20N4O3. The van der Waals surface area contributed by atoms with E-state index < -0.39 is 17.0 Å². The summed E-state index contributed by atoms with van der Waals surface area (Å²) in [6.07, 6.45) is 0.362. The largest absolute Gasteiger partial charge is 0.325 e. The first-order chi connectivity index (χ1) is 14.5.